The lowest BCUT2D eigenvalue weighted by Gasteiger charge is -2.13. The van der Waals surface area contributed by atoms with Gasteiger partial charge in [-0.25, -0.2) is 0 Å². The van der Waals surface area contributed by atoms with Crippen molar-refractivity contribution in [1.29, 1.82) is 0 Å². The van der Waals surface area contributed by atoms with Gasteiger partial charge in [-0.3, -0.25) is 0 Å². The molecule has 1 aromatic rings. The lowest BCUT2D eigenvalue weighted by atomic mass is 9.98. The van der Waals surface area contributed by atoms with E-state index in [0.29, 0.717) is 5.57 Å². The van der Waals surface area contributed by atoms with Crippen LogP contribution in [0.5, 0.6) is 0 Å². The van der Waals surface area contributed by atoms with Crippen molar-refractivity contribution in [3.8, 4) is 0 Å². The average Bonchev–Trinajstić information content (AvgIpc) is 2.38. The van der Waals surface area contributed by atoms with E-state index in [0.717, 1.165) is 6.07 Å². The minimum Gasteiger partial charge on any atom is -0.392 e. The summed E-state index contributed by atoms with van der Waals surface area (Å²) in [6.45, 7) is 5.02. The van der Waals surface area contributed by atoms with E-state index in [2.05, 4.69) is 12.3 Å². The predicted molar refractivity (Wildman–Crippen MR) is 71.1 cm³/mol. The Labute approximate surface area is 110 Å². The van der Waals surface area contributed by atoms with Crippen LogP contribution in [0.3, 0.4) is 0 Å². The van der Waals surface area contributed by atoms with Crippen LogP contribution in [0.1, 0.15) is 18.1 Å². The van der Waals surface area contributed by atoms with Gasteiger partial charge in [0.2, 0.25) is 0 Å². The van der Waals surface area contributed by atoms with Crippen LogP contribution in [0.15, 0.2) is 60.5 Å². The number of hydrogen-bond acceptors (Lipinski definition) is 1. The first-order valence-electron chi connectivity index (χ1n) is 5.56. The highest BCUT2D eigenvalue weighted by Crippen LogP contribution is 2.35. The van der Waals surface area contributed by atoms with E-state index in [-0.39, 0.29) is 11.3 Å². The molecule has 0 bridgehead atoms. The van der Waals surface area contributed by atoms with Crippen molar-refractivity contribution in [2.75, 3.05) is 0 Å². The topological polar surface area (TPSA) is 26.0 Å². The zero-order valence-electron chi connectivity index (χ0n) is 10.5. The zero-order chi connectivity index (χ0) is 14.5. The molecular weight excluding hydrogens is 251 g/mol. The Hall–Kier alpha value is -2.19. The minimum absolute atomic E-state index is 0.116. The maximum Gasteiger partial charge on any atom is 0.417 e. The van der Waals surface area contributed by atoms with Crippen molar-refractivity contribution in [2.45, 2.75) is 13.1 Å². The summed E-state index contributed by atoms with van der Waals surface area (Å²) in [6.07, 6.45) is 0.184. The van der Waals surface area contributed by atoms with Crippen LogP contribution in [0.2, 0.25) is 0 Å². The van der Waals surface area contributed by atoms with Crippen LogP contribution in [0.4, 0.5) is 13.2 Å². The summed E-state index contributed by atoms with van der Waals surface area (Å²) < 4.78 is 38.7. The Morgan fingerprint density at radius 3 is 2.42 bits per heavy atom. The predicted octanol–water partition coefficient (Wildman–Crippen LogP) is 4.29. The molecule has 0 fully saturated rings. The van der Waals surface area contributed by atoms with Crippen LogP contribution in [-0.2, 0) is 6.18 Å². The summed E-state index contributed by atoms with van der Waals surface area (Å²) in [5, 5.41) is 0. The second-order valence-corrected chi connectivity index (χ2v) is 3.75. The van der Waals surface area contributed by atoms with E-state index < -0.39 is 11.7 Å². The smallest absolute Gasteiger partial charge is 0.392 e. The molecule has 100 valence electrons. The highest BCUT2D eigenvalue weighted by Gasteiger charge is 2.33. The molecule has 1 rings (SSSR count). The third-order valence-corrected chi connectivity index (χ3v) is 2.50. The lowest BCUT2D eigenvalue weighted by molar-refractivity contribution is -0.137. The van der Waals surface area contributed by atoms with Gasteiger partial charge in [-0.1, -0.05) is 36.9 Å². The Bertz CT molecular complexity index is 559. The molecule has 0 amide bonds. The first-order chi connectivity index (χ1) is 8.90. The number of allylic oxidation sites excluding steroid dienone is 4. The number of rotatable bonds is 3. The summed E-state index contributed by atoms with van der Waals surface area (Å²) in [4.78, 5) is 0. The maximum absolute atomic E-state index is 12.9. The summed E-state index contributed by atoms with van der Waals surface area (Å²) in [7, 11) is 0. The fourth-order valence-corrected chi connectivity index (χ4v) is 1.56. The molecule has 0 saturated heterocycles. The summed E-state index contributed by atoms with van der Waals surface area (Å²) in [5.74, 6) is 0. The van der Waals surface area contributed by atoms with E-state index >= 15 is 0 Å². The fourth-order valence-electron chi connectivity index (χ4n) is 1.56. The van der Waals surface area contributed by atoms with Gasteiger partial charge in [-0.05, 0) is 30.2 Å². The number of hydrogen-bond donors (Lipinski definition) is 1. The number of benzene rings is 1. The molecule has 1 aromatic carbocycles. The largest absolute Gasteiger partial charge is 0.417 e. The van der Waals surface area contributed by atoms with Crippen LogP contribution in [-0.4, -0.2) is 0 Å². The monoisotopic (exact) mass is 265 g/mol. The van der Waals surface area contributed by atoms with Crippen molar-refractivity contribution in [3.63, 3.8) is 0 Å². The van der Waals surface area contributed by atoms with E-state index in [9.17, 15) is 13.2 Å². The second-order valence-electron chi connectivity index (χ2n) is 3.75. The van der Waals surface area contributed by atoms with Crippen LogP contribution < -0.4 is 5.73 Å². The van der Waals surface area contributed by atoms with Gasteiger partial charge in [0, 0.05) is 0 Å². The SMILES string of the molecule is C=C=C(N)/C=C\C(=C/C)c1ccccc1C(F)(F)F. The average molecular weight is 265 g/mol. The number of alkyl halides is 3. The maximum atomic E-state index is 12.9. The fraction of sp³-hybridized carbons (Fsp3) is 0.133. The van der Waals surface area contributed by atoms with E-state index in [1.54, 1.807) is 19.1 Å². The molecule has 0 radical (unpaired) electrons. The highest BCUT2D eigenvalue weighted by molar-refractivity contribution is 5.76. The van der Waals surface area contributed by atoms with Gasteiger partial charge in [0.25, 0.3) is 0 Å². The molecule has 0 spiro atoms. The van der Waals surface area contributed by atoms with Crippen molar-refractivity contribution in [1.82, 2.24) is 0 Å². The van der Waals surface area contributed by atoms with E-state index in [1.807, 2.05) is 0 Å². The molecule has 0 aromatic heterocycles. The molecular formula is C15H14F3N. The van der Waals surface area contributed by atoms with Crippen molar-refractivity contribution in [2.24, 2.45) is 5.73 Å². The standard InChI is InChI=1S/C15H14F3N/c1-3-11(9-10-12(19)4-2)13-7-5-6-8-14(13)15(16,17)18/h3,5-10H,2,19H2,1H3/b10-9-,11-3+. The minimum atomic E-state index is -4.39. The molecule has 2 N–H and O–H groups in total. The van der Waals surface area contributed by atoms with E-state index in [4.69, 9.17) is 5.73 Å². The van der Waals surface area contributed by atoms with Gasteiger partial charge in [0.05, 0.1) is 11.3 Å². The Morgan fingerprint density at radius 1 is 1.26 bits per heavy atom. The first kappa shape index (κ1) is 14.9. The van der Waals surface area contributed by atoms with Crippen molar-refractivity contribution < 1.29 is 13.2 Å². The van der Waals surface area contributed by atoms with Gasteiger partial charge in [0.15, 0.2) is 0 Å². The molecule has 0 saturated carbocycles. The van der Waals surface area contributed by atoms with Gasteiger partial charge in [0.1, 0.15) is 0 Å². The van der Waals surface area contributed by atoms with Crippen molar-refractivity contribution >= 4 is 5.57 Å². The molecule has 0 aliphatic heterocycles. The second kappa shape index (κ2) is 6.12. The molecule has 0 aliphatic carbocycles. The molecule has 19 heavy (non-hydrogen) atoms. The summed E-state index contributed by atoms with van der Waals surface area (Å²) in [6, 6.07) is 5.41. The molecule has 0 aliphatic rings. The Balaban J connectivity index is 3.29. The first-order valence-corrected chi connectivity index (χ1v) is 5.56. The van der Waals surface area contributed by atoms with Crippen LogP contribution >= 0.6 is 0 Å². The molecule has 4 heteroatoms. The molecule has 0 atom stereocenters. The lowest BCUT2D eigenvalue weighted by Crippen LogP contribution is -2.08. The summed E-state index contributed by atoms with van der Waals surface area (Å²) in [5.41, 5.74) is 8.08. The van der Waals surface area contributed by atoms with Gasteiger partial charge >= 0.3 is 6.18 Å². The molecule has 0 heterocycles. The quantitative estimate of drug-likeness (QED) is 0.640. The Kier molecular flexibility index (Phi) is 4.79. The number of nitrogens with two attached hydrogens (primary N) is 1. The van der Waals surface area contributed by atoms with Gasteiger partial charge in [-0.15, -0.1) is 5.73 Å². The van der Waals surface area contributed by atoms with Crippen LogP contribution in [0, 0.1) is 0 Å². The zero-order valence-corrected chi connectivity index (χ0v) is 10.5. The number of halogens is 3. The van der Waals surface area contributed by atoms with Crippen LogP contribution in [0.25, 0.3) is 5.57 Å². The molecule has 1 nitrogen and oxygen atoms in total. The highest BCUT2D eigenvalue weighted by atomic mass is 19.4. The molecule has 0 unspecified atom stereocenters. The third kappa shape index (κ3) is 3.90. The van der Waals surface area contributed by atoms with Crippen molar-refractivity contribution in [3.05, 3.63) is 71.6 Å². The third-order valence-electron chi connectivity index (χ3n) is 2.50. The Morgan fingerprint density at radius 2 is 1.89 bits per heavy atom. The van der Waals surface area contributed by atoms with Gasteiger partial charge in [-0.2, -0.15) is 13.2 Å². The van der Waals surface area contributed by atoms with E-state index in [1.165, 1.54) is 24.3 Å². The normalized spacial score (nSPS) is 12.5. The summed E-state index contributed by atoms with van der Waals surface area (Å²) >= 11 is 0. The van der Waals surface area contributed by atoms with Gasteiger partial charge < -0.3 is 5.73 Å².